The first kappa shape index (κ1) is 18.1. The highest BCUT2D eigenvalue weighted by Gasteiger charge is 2.25. The van der Waals surface area contributed by atoms with E-state index in [1.807, 2.05) is 31.2 Å². The van der Waals surface area contributed by atoms with Crippen LogP contribution in [0.15, 0.2) is 24.3 Å². The first-order chi connectivity index (χ1) is 12.1. The van der Waals surface area contributed by atoms with Crippen molar-refractivity contribution in [2.24, 2.45) is 0 Å². The fourth-order valence-electron chi connectivity index (χ4n) is 3.61. The average molecular weight is 362 g/mol. The van der Waals surface area contributed by atoms with Crippen LogP contribution < -0.4 is 15.5 Å². The minimum atomic E-state index is 0.0824. The van der Waals surface area contributed by atoms with E-state index in [1.54, 1.807) is 0 Å². The molecule has 1 saturated heterocycles. The molecule has 136 valence electrons. The van der Waals surface area contributed by atoms with E-state index in [0.717, 1.165) is 37.0 Å². The Hall–Kier alpha value is -1.66. The topological polar surface area (TPSA) is 48.8 Å². The number of quaternary nitrogens is 1. The summed E-state index contributed by atoms with van der Waals surface area (Å²) in [6, 6.07) is 8.50. The quantitative estimate of drug-likeness (QED) is 0.699. The largest absolute Gasteiger partial charge is 0.360 e. The third kappa shape index (κ3) is 5.41. The number of nitrogens with zero attached hydrogens (tertiary/aromatic N) is 1. The summed E-state index contributed by atoms with van der Waals surface area (Å²) in [5, 5.41) is 7.40. The van der Waals surface area contributed by atoms with Crippen LogP contribution >= 0.6 is 12.2 Å². The van der Waals surface area contributed by atoms with Crippen molar-refractivity contribution in [1.82, 2.24) is 10.2 Å². The maximum Gasteiger partial charge on any atom is 0.279 e. The summed E-state index contributed by atoms with van der Waals surface area (Å²) in [6.45, 7) is 6.31. The molecule has 0 aromatic heterocycles. The number of amides is 1. The van der Waals surface area contributed by atoms with E-state index in [1.165, 1.54) is 36.1 Å². The van der Waals surface area contributed by atoms with Gasteiger partial charge in [0.1, 0.15) is 0 Å². The second kappa shape index (κ2) is 8.63. The van der Waals surface area contributed by atoms with Crippen molar-refractivity contribution >= 4 is 28.9 Å². The molecule has 0 unspecified atom stereocenters. The van der Waals surface area contributed by atoms with E-state index in [4.69, 9.17) is 12.2 Å². The third-order valence-electron chi connectivity index (χ3n) is 5.19. The predicted octanol–water partition coefficient (Wildman–Crippen LogP) is 0.951. The number of piperazine rings is 1. The second-order valence-electron chi connectivity index (χ2n) is 7.26. The second-order valence-corrected chi connectivity index (χ2v) is 7.65. The molecule has 1 aliphatic heterocycles. The van der Waals surface area contributed by atoms with Gasteiger partial charge in [-0.2, -0.15) is 0 Å². The van der Waals surface area contributed by atoms with Crippen LogP contribution in [0, 0.1) is 6.92 Å². The molecule has 25 heavy (non-hydrogen) atoms. The summed E-state index contributed by atoms with van der Waals surface area (Å²) >= 11 is 5.56. The van der Waals surface area contributed by atoms with Crippen molar-refractivity contribution in [1.29, 1.82) is 0 Å². The molecule has 1 aliphatic carbocycles. The maximum absolute atomic E-state index is 12.2. The van der Waals surface area contributed by atoms with Crippen molar-refractivity contribution in [3.63, 3.8) is 0 Å². The Bertz CT molecular complexity index is 590. The normalized spacial score (nSPS) is 19.0. The number of nitrogens with one attached hydrogen (secondary N) is 3. The highest BCUT2D eigenvalue weighted by molar-refractivity contribution is 7.80. The molecular formula is C19H29N4OS+. The van der Waals surface area contributed by atoms with Crippen LogP contribution in [0.2, 0.25) is 0 Å². The molecule has 0 atom stereocenters. The molecular weight excluding hydrogens is 332 g/mol. The summed E-state index contributed by atoms with van der Waals surface area (Å²) in [4.78, 5) is 15.8. The Labute approximate surface area is 155 Å². The highest BCUT2D eigenvalue weighted by atomic mass is 32.1. The number of carbonyl (C=O) groups excluding carboxylic acids is 1. The van der Waals surface area contributed by atoms with Crippen molar-refractivity contribution in [3.05, 3.63) is 29.8 Å². The zero-order valence-electron chi connectivity index (χ0n) is 15.0. The van der Waals surface area contributed by atoms with E-state index in [0.29, 0.717) is 12.6 Å². The lowest BCUT2D eigenvalue weighted by atomic mass is 10.2. The first-order valence-corrected chi connectivity index (χ1v) is 9.76. The minimum Gasteiger partial charge on any atom is -0.360 e. The van der Waals surface area contributed by atoms with Crippen molar-refractivity contribution in [3.8, 4) is 0 Å². The minimum absolute atomic E-state index is 0.0824. The molecule has 1 saturated carbocycles. The van der Waals surface area contributed by atoms with E-state index in [-0.39, 0.29) is 5.91 Å². The lowest BCUT2D eigenvalue weighted by molar-refractivity contribution is -0.895. The van der Waals surface area contributed by atoms with E-state index in [2.05, 4.69) is 15.5 Å². The lowest BCUT2D eigenvalue weighted by Gasteiger charge is -2.34. The van der Waals surface area contributed by atoms with Gasteiger partial charge in [0.05, 0.1) is 26.2 Å². The molecule has 3 N–H and O–H groups in total. The van der Waals surface area contributed by atoms with Gasteiger partial charge in [-0.05, 0) is 44.1 Å². The van der Waals surface area contributed by atoms with Gasteiger partial charge < -0.3 is 20.4 Å². The number of hydrogen-bond donors (Lipinski definition) is 3. The van der Waals surface area contributed by atoms with Crippen molar-refractivity contribution < 1.29 is 9.69 Å². The Balaban J connectivity index is 1.38. The van der Waals surface area contributed by atoms with Crippen LogP contribution in [-0.2, 0) is 4.79 Å². The summed E-state index contributed by atoms with van der Waals surface area (Å²) < 4.78 is 0. The summed E-state index contributed by atoms with van der Waals surface area (Å²) in [7, 11) is 0. The monoisotopic (exact) mass is 361 g/mol. The summed E-state index contributed by atoms with van der Waals surface area (Å²) in [5.74, 6) is 0.0824. The van der Waals surface area contributed by atoms with Gasteiger partial charge in [0.2, 0.25) is 0 Å². The molecule has 1 heterocycles. The van der Waals surface area contributed by atoms with Gasteiger partial charge in [-0.3, -0.25) is 4.79 Å². The molecule has 2 aliphatic rings. The fraction of sp³-hybridized carbons (Fsp3) is 0.579. The number of aryl methyl sites for hydroxylation is 1. The third-order valence-corrected chi connectivity index (χ3v) is 5.56. The number of benzene rings is 1. The van der Waals surface area contributed by atoms with Gasteiger partial charge in [-0.15, -0.1) is 0 Å². The van der Waals surface area contributed by atoms with Crippen LogP contribution in [0.25, 0.3) is 0 Å². The SMILES string of the molecule is Cc1ccc(NC(=O)C[NH+]2CCN(C(=S)NC3CCCC3)CC2)cc1. The van der Waals surface area contributed by atoms with Crippen LogP contribution in [0.1, 0.15) is 31.2 Å². The number of hydrogen-bond acceptors (Lipinski definition) is 2. The number of rotatable bonds is 4. The maximum atomic E-state index is 12.2. The van der Waals surface area contributed by atoms with Crippen LogP contribution in [0.5, 0.6) is 0 Å². The van der Waals surface area contributed by atoms with Gasteiger partial charge in [-0.25, -0.2) is 0 Å². The van der Waals surface area contributed by atoms with Crippen molar-refractivity contribution in [2.75, 3.05) is 38.0 Å². The molecule has 1 aromatic rings. The smallest absolute Gasteiger partial charge is 0.279 e. The number of anilines is 1. The van der Waals surface area contributed by atoms with Gasteiger partial charge in [0, 0.05) is 11.7 Å². The molecule has 3 rings (SSSR count). The molecule has 0 bridgehead atoms. The fourth-order valence-corrected chi connectivity index (χ4v) is 3.96. The molecule has 5 nitrogen and oxygen atoms in total. The standard InChI is InChI=1S/C19H28N4OS/c1-15-6-8-17(9-7-15)20-18(24)14-22-10-12-23(13-11-22)19(25)21-16-4-2-3-5-16/h6-9,16H,2-5,10-14H2,1H3,(H,20,24)(H,21,25)/p+1. The van der Waals surface area contributed by atoms with E-state index in [9.17, 15) is 4.79 Å². The average Bonchev–Trinajstić information content (AvgIpc) is 3.10. The van der Waals surface area contributed by atoms with Crippen LogP contribution in [0.4, 0.5) is 5.69 Å². The van der Waals surface area contributed by atoms with Crippen molar-refractivity contribution in [2.45, 2.75) is 38.6 Å². The van der Waals surface area contributed by atoms with Gasteiger partial charge in [-0.1, -0.05) is 30.5 Å². The Kier molecular flexibility index (Phi) is 6.26. The first-order valence-electron chi connectivity index (χ1n) is 9.36. The summed E-state index contributed by atoms with van der Waals surface area (Å²) in [5.41, 5.74) is 2.07. The highest BCUT2D eigenvalue weighted by Crippen LogP contribution is 2.17. The molecule has 6 heteroatoms. The van der Waals surface area contributed by atoms with E-state index < -0.39 is 0 Å². The molecule has 2 fully saturated rings. The Morgan fingerprint density at radius 3 is 2.48 bits per heavy atom. The number of carbonyl (C=O) groups is 1. The summed E-state index contributed by atoms with van der Waals surface area (Å²) in [6.07, 6.45) is 5.11. The zero-order valence-corrected chi connectivity index (χ0v) is 15.8. The van der Waals surface area contributed by atoms with E-state index >= 15 is 0 Å². The zero-order chi connectivity index (χ0) is 17.6. The molecule has 0 radical (unpaired) electrons. The molecule has 1 amide bonds. The lowest BCUT2D eigenvalue weighted by Crippen LogP contribution is -3.15. The van der Waals surface area contributed by atoms with Gasteiger partial charge in [0.15, 0.2) is 11.7 Å². The molecule has 1 aromatic carbocycles. The number of thiocarbonyl (C=S) groups is 1. The van der Waals surface area contributed by atoms with Gasteiger partial charge in [0.25, 0.3) is 5.91 Å². The Morgan fingerprint density at radius 2 is 1.84 bits per heavy atom. The predicted molar refractivity (Wildman–Crippen MR) is 105 cm³/mol. The molecule has 0 spiro atoms. The van der Waals surface area contributed by atoms with Crippen LogP contribution in [-0.4, -0.2) is 54.7 Å². The van der Waals surface area contributed by atoms with Gasteiger partial charge >= 0.3 is 0 Å². The van der Waals surface area contributed by atoms with Crippen LogP contribution in [0.3, 0.4) is 0 Å². The Morgan fingerprint density at radius 1 is 1.20 bits per heavy atom.